The number of hydrogen-bond donors (Lipinski definition) is 3. The van der Waals surface area contributed by atoms with Crippen molar-refractivity contribution in [3.8, 4) is 0 Å². The first-order valence-corrected chi connectivity index (χ1v) is 10.7. The molecule has 2 aromatic carbocycles. The van der Waals surface area contributed by atoms with Gasteiger partial charge in [-0.1, -0.05) is 47.4 Å². The maximum atomic E-state index is 12.1. The van der Waals surface area contributed by atoms with Gasteiger partial charge in [0.05, 0.1) is 5.75 Å². The molecule has 3 rings (SSSR count). The maximum Gasteiger partial charge on any atom is 0.325 e. The lowest BCUT2D eigenvalue weighted by molar-refractivity contribution is -0.117. The summed E-state index contributed by atoms with van der Waals surface area (Å²) in [5.74, 6) is -0.333. The number of imide groups is 1. The van der Waals surface area contributed by atoms with Gasteiger partial charge in [0.15, 0.2) is 4.34 Å². The second-order valence-electron chi connectivity index (χ2n) is 6.41. The first-order valence-electron chi connectivity index (χ1n) is 8.88. The molecule has 0 bridgehead atoms. The van der Waals surface area contributed by atoms with E-state index in [-0.39, 0.29) is 5.75 Å². The van der Waals surface area contributed by atoms with E-state index in [1.54, 1.807) is 6.07 Å². The van der Waals surface area contributed by atoms with Crippen molar-refractivity contribution in [1.29, 1.82) is 0 Å². The molecule has 0 aliphatic carbocycles. The minimum Gasteiger partial charge on any atom is -0.330 e. The molecule has 1 aromatic heterocycles. The molecule has 1 heterocycles. The number of rotatable bonds is 6. The van der Waals surface area contributed by atoms with Gasteiger partial charge >= 0.3 is 6.03 Å². The number of nitrogens with one attached hydrogen (secondary N) is 3. The molecule has 0 saturated heterocycles. The summed E-state index contributed by atoms with van der Waals surface area (Å²) < 4.78 is 0.644. The van der Waals surface area contributed by atoms with Crippen molar-refractivity contribution in [2.45, 2.75) is 25.1 Å². The minimum atomic E-state index is -0.552. The number of urea groups is 1. The molecule has 0 spiro atoms. The Hall–Kier alpha value is -2.91. The number of carbonyl (C=O) groups is 2. The SMILES string of the molecule is Cc1cccc(Nc2nnc(SCC(=O)NC(=O)Nc3cccc(C)c3C)s2)c1. The fraction of sp³-hybridized carbons (Fsp3) is 0.200. The monoisotopic (exact) mass is 427 g/mol. The average Bonchev–Trinajstić information content (AvgIpc) is 3.11. The Labute approximate surface area is 177 Å². The van der Waals surface area contributed by atoms with Crippen LogP contribution in [-0.2, 0) is 4.79 Å². The molecule has 29 heavy (non-hydrogen) atoms. The molecule has 0 aliphatic heterocycles. The van der Waals surface area contributed by atoms with Crippen LogP contribution in [0.15, 0.2) is 46.8 Å². The van der Waals surface area contributed by atoms with Gasteiger partial charge in [-0.3, -0.25) is 10.1 Å². The standard InChI is InChI=1S/C20H21N5O2S2/c1-12-6-4-8-15(10-12)21-19-24-25-20(29-19)28-11-17(26)23-18(27)22-16-9-5-7-13(2)14(16)3/h4-10H,11H2,1-3H3,(H,21,24)(H2,22,23,26,27). The third kappa shape index (κ3) is 6.03. The highest BCUT2D eigenvalue weighted by Crippen LogP contribution is 2.27. The van der Waals surface area contributed by atoms with Crippen LogP contribution in [0, 0.1) is 20.8 Å². The molecule has 3 amide bonds. The van der Waals surface area contributed by atoms with E-state index in [0.29, 0.717) is 15.2 Å². The van der Waals surface area contributed by atoms with Gasteiger partial charge < -0.3 is 10.6 Å². The van der Waals surface area contributed by atoms with Gasteiger partial charge in [-0.05, 0) is 55.7 Å². The van der Waals surface area contributed by atoms with Gasteiger partial charge in [-0.15, -0.1) is 10.2 Å². The second kappa shape index (κ2) is 9.53. The normalized spacial score (nSPS) is 10.4. The lowest BCUT2D eigenvalue weighted by Gasteiger charge is -2.10. The number of aryl methyl sites for hydroxylation is 2. The Kier molecular flexibility index (Phi) is 6.84. The van der Waals surface area contributed by atoms with Crippen molar-refractivity contribution < 1.29 is 9.59 Å². The summed E-state index contributed by atoms with van der Waals surface area (Å²) in [7, 11) is 0. The van der Waals surface area contributed by atoms with E-state index < -0.39 is 11.9 Å². The molecule has 0 saturated carbocycles. The summed E-state index contributed by atoms with van der Waals surface area (Å²) >= 11 is 2.58. The molecule has 0 unspecified atom stereocenters. The molecule has 9 heteroatoms. The van der Waals surface area contributed by atoms with E-state index in [1.165, 1.54) is 23.1 Å². The number of hydrogen-bond acceptors (Lipinski definition) is 7. The fourth-order valence-electron chi connectivity index (χ4n) is 2.49. The van der Waals surface area contributed by atoms with Crippen molar-refractivity contribution in [3.05, 3.63) is 59.2 Å². The topological polar surface area (TPSA) is 96.0 Å². The number of carbonyl (C=O) groups excluding carboxylic acids is 2. The zero-order chi connectivity index (χ0) is 20.8. The van der Waals surface area contributed by atoms with E-state index in [9.17, 15) is 9.59 Å². The summed E-state index contributed by atoms with van der Waals surface area (Å²) in [5, 5.41) is 17.0. The molecule has 3 aromatic rings. The van der Waals surface area contributed by atoms with Crippen LogP contribution in [0.4, 0.5) is 21.3 Å². The Morgan fingerprint density at radius 3 is 2.66 bits per heavy atom. The number of amides is 3. The van der Waals surface area contributed by atoms with Crippen LogP contribution < -0.4 is 16.0 Å². The predicted molar refractivity (Wildman–Crippen MR) is 118 cm³/mol. The molecule has 0 atom stereocenters. The van der Waals surface area contributed by atoms with E-state index in [4.69, 9.17) is 0 Å². The Balaban J connectivity index is 1.47. The summed E-state index contributed by atoms with van der Waals surface area (Å²) in [6.45, 7) is 5.90. The lowest BCUT2D eigenvalue weighted by Crippen LogP contribution is -2.35. The molecule has 150 valence electrons. The van der Waals surface area contributed by atoms with Gasteiger partial charge in [0.1, 0.15) is 0 Å². The summed E-state index contributed by atoms with van der Waals surface area (Å²) in [6.07, 6.45) is 0. The average molecular weight is 428 g/mol. The van der Waals surface area contributed by atoms with Gasteiger partial charge in [0.2, 0.25) is 11.0 Å². The van der Waals surface area contributed by atoms with Crippen molar-refractivity contribution in [1.82, 2.24) is 15.5 Å². The molecular formula is C20H21N5O2S2. The molecular weight excluding hydrogens is 406 g/mol. The molecule has 0 aliphatic rings. The Bertz CT molecular complexity index is 1040. The zero-order valence-corrected chi connectivity index (χ0v) is 17.9. The first-order chi connectivity index (χ1) is 13.9. The maximum absolute atomic E-state index is 12.1. The van der Waals surface area contributed by atoms with Crippen LogP contribution >= 0.6 is 23.1 Å². The zero-order valence-electron chi connectivity index (χ0n) is 16.3. The van der Waals surface area contributed by atoms with Crippen LogP contribution in [-0.4, -0.2) is 27.9 Å². The van der Waals surface area contributed by atoms with Gasteiger partial charge in [0.25, 0.3) is 0 Å². The van der Waals surface area contributed by atoms with E-state index >= 15 is 0 Å². The summed E-state index contributed by atoms with van der Waals surface area (Å²) in [5.41, 5.74) is 4.78. The minimum absolute atomic E-state index is 0.0687. The molecule has 7 nitrogen and oxygen atoms in total. The number of aromatic nitrogens is 2. The van der Waals surface area contributed by atoms with Crippen molar-refractivity contribution in [3.63, 3.8) is 0 Å². The highest BCUT2D eigenvalue weighted by molar-refractivity contribution is 8.01. The smallest absolute Gasteiger partial charge is 0.325 e. The number of benzene rings is 2. The highest BCUT2D eigenvalue weighted by atomic mass is 32.2. The van der Waals surface area contributed by atoms with E-state index in [0.717, 1.165) is 22.4 Å². The Morgan fingerprint density at radius 1 is 1.07 bits per heavy atom. The van der Waals surface area contributed by atoms with E-state index in [2.05, 4.69) is 26.1 Å². The Morgan fingerprint density at radius 2 is 1.86 bits per heavy atom. The van der Waals surface area contributed by atoms with Crippen LogP contribution in [0.25, 0.3) is 0 Å². The van der Waals surface area contributed by atoms with Gasteiger partial charge in [-0.2, -0.15) is 0 Å². The molecule has 3 N–H and O–H groups in total. The quantitative estimate of drug-likeness (QED) is 0.496. The lowest BCUT2D eigenvalue weighted by atomic mass is 10.1. The molecule has 0 fully saturated rings. The number of nitrogens with zero attached hydrogens (tertiary/aromatic N) is 2. The number of thioether (sulfide) groups is 1. The second-order valence-corrected chi connectivity index (χ2v) is 8.61. The fourth-order valence-corrected chi connectivity index (χ4v) is 4.07. The van der Waals surface area contributed by atoms with Crippen molar-refractivity contribution in [2.75, 3.05) is 16.4 Å². The van der Waals surface area contributed by atoms with Crippen LogP contribution in [0.1, 0.15) is 16.7 Å². The highest BCUT2D eigenvalue weighted by Gasteiger charge is 2.12. The van der Waals surface area contributed by atoms with E-state index in [1.807, 2.05) is 57.2 Å². The van der Waals surface area contributed by atoms with Crippen LogP contribution in [0.3, 0.4) is 0 Å². The largest absolute Gasteiger partial charge is 0.330 e. The van der Waals surface area contributed by atoms with Gasteiger partial charge in [0, 0.05) is 11.4 Å². The van der Waals surface area contributed by atoms with Crippen LogP contribution in [0.5, 0.6) is 0 Å². The predicted octanol–water partition coefficient (Wildman–Crippen LogP) is 4.65. The van der Waals surface area contributed by atoms with Gasteiger partial charge in [-0.25, -0.2) is 4.79 Å². The summed E-state index contributed by atoms with van der Waals surface area (Å²) in [4.78, 5) is 24.1. The van der Waals surface area contributed by atoms with Crippen molar-refractivity contribution >= 4 is 51.5 Å². The molecule has 0 radical (unpaired) electrons. The summed E-state index contributed by atoms with van der Waals surface area (Å²) in [6, 6.07) is 13.0. The van der Waals surface area contributed by atoms with Crippen LogP contribution in [0.2, 0.25) is 0 Å². The number of anilines is 3. The third-order valence-corrected chi connectivity index (χ3v) is 6.08. The third-order valence-electron chi connectivity index (χ3n) is 4.11. The first kappa shape index (κ1) is 20.8. The van der Waals surface area contributed by atoms with Crippen molar-refractivity contribution in [2.24, 2.45) is 0 Å².